The van der Waals surface area contributed by atoms with Crippen LogP contribution in [-0.4, -0.2) is 95.4 Å². The largest absolute Gasteiger partial charge is 0.459 e. The lowest BCUT2D eigenvalue weighted by Gasteiger charge is -2.51. The van der Waals surface area contributed by atoms with Gasteiger partial charge in [-0.3, -0.25) is 4.90 Å². The van der Waals surface area contributed by atoms with E-state index in [0.29, 0.717) is 24.9 Å². The van der Waals surface area contributed by atoms with Crippen molar-refractivity contribution in [1.29, 1.82) is 0 Å². The molecule has 0 saturated carbocycles. The van der Waals surface area contributed by atoms with Crippen molar-refractivity contribution in [2.45, 2.75) is 171 Å². The van der Waals surface area contributed by atoms with Gasteiger partial charge >= 0.3 is 5.97 Å². The molecule has 4 aromatic rings. The molecule has 65 heavy (non-hydrogen) atoms. The highest BCUT2D eigenvalue weighted by Gasteiger charge is 2.57. The number of aliphatic hydroxyl groups excluding tert-OH is 3. The molecule has 10 nitrogen and oxygen atoms in total. The molecule has 0 bridgehead atoms. The van der Waals surface area contributed by atoms with E-state index in [1.807, 2.05) is 92.0 Å². The molecule has 0 spiro atoms. The van der Waals surface area contributed by atoms with Gasteiger partial charge in [0.2, 0.25) is 0 Å². The highest BCUT2D eigenvalue weighted by Crippen LogP contribution is 2.40. The maximum atomic E-state index is 13.2. The second-order valence-corrected chi connectivity index (χ2v) is 17.8. The van der Waals surface area contributed by atoms with Crippen molar-refractivity contribution in [3.05, 3.63) is 144 Å². The van der Waals surface area contributed by atoms with Crippen LogP contribution in [0.25, 0.3) is 0 Å². The van der Waals surface area contributed by atoms with Crippen molar-refractivity contribution in [3.63, 3.8) is 0 Å². The zero-order chi connectivity index (χ0) is 46.1. The Bertz CT molecular complexity index is 1840. The maximum Gasteiger partial charge on any atom is 0.338 e. The predicted molar refractivity (Wildman–Crippen MR) is 256 cm³/mol. The van der Waals surface area contributed by atoms with E-state index >= 15 is 0 Å². The first-order chi connectivity index (χ1) is 31.7. The van der Waals surface area contributed by atoms with Gasteiger partial charge in [0.05, 0.1) is 31.0 Å². The number of carbonyl (C=O) groups is 1. The molecular formula is C55H77NO9. The van der Waals surface area contributed by atoms with E-state index < -0.39 is 54.4 Å². The summed E-state index contributed by atoms with van der Waals surface area (Å²) in [5.74, 6) is -2.10. The third kappa shape index (κ3) is 17.0. The van der Waals surface area contributed by atoms with Crippen molar-refractivity contribution in [3.8, 4) is 0 Å². The highest BCUT2D eigenvalue weighted by molar-refractivity contribution is 5.89. The zero-order valence-electron chi connectivity index (χ0n) is 39.3. The Hall–Kier alpha value is -3.97. The standard InChI is InChI=1S/C55H77NO9/c1-4-5-6-7-8-9-10-11-12-13-14-27-36-48(57)50(58)47(56(2)39-43-28-19-15-20-29-43)37-38-55(61-3)53(63-41-45-32-23-17-24-33-45)52(62-40-44-30-21-16-22-31-44)51(59)49(65-55)42-64-54(60)46-34-25-18-26-35-46/h15-26,28-35,47-53,57-59H,4-14,27,36-42H2,1-3H3/t47-,48+,49?,50-,51-,52+,53?,55-/m0/s1. The summed E-state index contributed by atoms with van der Waals surface area (Å²) >= 11 is 0. The number of nitrogens with zero attached hydrogens (tertiary/aromatic N) is 1. The number of unbranched alkanes of at least 4 members (excludes halogenated alkanes) is 11. The molecule has 2 unspecified atom stereocenters. The van der Waals surface area contributed by atoms with Crippen molar-refractivity contribution in [2.75, 3.05) is 20.8 Å². The quantitative estimate of drug-likeness (QED) is 0.0332. The van der Waals surface area contributed by atoms with Crippen molar-refractivity contribution in [2.24, 2.45) is 0 Å². The molecule has 0 aliphatic carbocycles. The Morgan fingerprint density at radius 1 is 0.677 bits per heavy atom. The summed E-state index contributed by atoms with van der Waals surface area (Å²) in [4.78, 5) is 15.3. The van der Waals surface area contributed by atoms with E-state index in [-0.39, 0.29) is 26.2 Å². The molecule has 4 aromatic carbocycles. The summed E-state index contributed by atoms with van der Waals surface area (Å²) in [6.07, 6.45) is 9.25. The van der Waals surface area contributed by atoms with E-state index in [1.54, 1.807) is 31.4 Å². The monoisotopic (exact) mass is 896 g/mol. The fraction of sp³-hybridized carbons (Fsp3) is 0.545. The van der Waals surface area contributed by atoms with E-state index in [2.05, 4.69) is 24.0 Å². The molecule has 3 N–H and O–H groups in total. The summed E-state index contributed by atoms with van der Waals surface area (Å²) in [5, 5.41) is 35.9. The van der Waals surface area contributed by atoms with Gasteiger partial charge in [0, 0.05) is 26.1 Å². The topological polar surface area (TPSA) is 127 Å². The number of benzene rings is 4. The van der Waals surface area contributed by atoms with E-state index in [4.69, 9.17) is 23.7 Å². The number of hydrogen-bond donors (Lipinski definition) is 3. The molecule has 356 valence electrons. The van der Waals surface area contributed by atoms with Gasteiger partial charge in [-0.2, -0.15) is 0 Å². The Morgan fingerprint density at radius 3 is 1.71 bits per heavy atom. The van der Waals surface area contributed by atoms with Crippen molar-refractivity contribution >= 4 is 5.97 Å². The fourth-order valence-corrected chi connectivity index (χ4v) is 9.00. The number of likely N-dealkylation sites (N-methyl/N-ethyl adjacent to an activating group) is 1. The molecule has 1 saturated heterocycles. The first-order valence-corrected chi connectivity index (χ1v) is 24.3. The molecule has 10 heteroatoms. The lowest BCUT2D eigenvalue weighted by Crippen LogP contribution is -2.67. The number of carbonyl (C=O) groups excluding carboxylic acids is 1. The van der Waals surface area contributed by atoms with Gasteiger partial charge in [0.1, 0.15) is 31.0 Å². The van der Waals surface area contributed by atoms with Crippen molar-refractivity contribution in [1.82, 2.24) is 4.90 Å². The van der Waals surface area contributed by atoms with Gasteiger partial charge in [-0.05, 0) is 48.7 Å². The zero-order valence-corrected chi connectivity index (χ0v) is 39.3. The highest BCUT2D eigenvalue weighted by atomic mass is 16.7. The number of aliphatic hydroxyl groups is 3. The van der Waals surface area contributed by atoms with Crippen LogP contribution in [0.5, 0.6) is 0 Å². The molecule has 1 heterocycles. The summed E-state index contributed by atoms with van der Waals surface area (Å²) in [6.45, 7) is 2.83. The average molecular weight is 896 g/mol. The Kier molecular flexibility index (Phi) is 23.1. The average Bonchev–Trinajstić information content (AvgIpc) is 3.34. The van der Waals surface area contributed by atoms with Crippen LogP contribution >= 0.6 is 0 Å². The lowest BCUT2D eigenvalue weighted by molar-refractivity contribution is -0.374. The smallest absolute Gasteiger partial charge is 0.338 e. The van der Waals surface area contributed by atoms with E-state index in [0.717, 1.165) is 36.0 Å². The second kappa shape index (κ2) is 28.9. The number of hydrogen-bond acceptors (Lipinski definition) is 10. The summed E-state index contributed by atoms with van der Waals surface area (Å²) in [5.41, 5.74) is 3.25. The molecule has 1 aliphatic rings. The first-order valence-electron chi connectivity index (χ1n) is 24.3. The fourth-order valence-electron chi connectivity index (χ4n) is 9.00. The molecule has 1 aliphatic heterocycles. The number of methoxy groups -OCH3 is 1. The second-order valence-electron chi connectivity index (χ2n) is 17.8. The summed E-state index contributed by atoms with van der Waals surface area (Å²) in [6, 6.07) is 37.6. The van der Waals surface area contributed by atoms with E-state index in [1.165, 1.54) is 57.8 Å². The Morgan fingerprint density at radius 2 is 1.17 bits per heavy atom. The number of rotatable bonds is 31. The maximum absolute atomic E-state index is 13.2. The van der Waals surface area contributed by atoms with Crippen LogP contribution in [0.15, 0.2) is 121 Å². The predicted octanol–water partition coefficient (Wildman–Crippen LogP) is 10.2. The van der Waals surface area contributed by atoms with Gasteiger partial charge in [0.15, 0.2) is 5.79 Å². The number of ether oxygens (including phenoxy) is 5. The Balaban J connectivity index is 1.35. The van der Waals surface area contributed by atoms with Crippen LogP contribution in [0, 0.1) is 0 Å². The van der Waals surface area contributed by atoms with Gasteiger partial charge in [-0.15, -0.1) is 0 Å². The van der Waals surface area contributed by atoms with Crippen LogP contribution in [-0.2, 0) is 43.4 Å². The third-order valence-corrected chi connectivity index (χ3v) is 12.9. The molecule has 0 amide bonds. The van der Waals surface area contributed by atoms with Crippen LogP contribution in [0.4, 0.5) is 0 Å². The van der Waals surface area contributed by atoms with Crippen LogP contribution in [0.2, 0.25) is 0 Å². The van der Waals surface area contributed by atoms with Crippen LogP contribution < -0.4 is 0 Å². The van der Waals surface area contributed by atoms with Gasteiger partial charge in [0.25, 0.3) is 0 Å². The summed E-state index contributed by atoms with van der Waals surface area (Å²) in [7, 11) is 3.50. The minimum atomic E-state index is -1.55. The van der Waals surface area contributed by atoms with E-state index in [9.17, 15) is 20.1 Å². The van der Waals surface area contributed by atoms with Crippen LogP contribution in [0.3, 0.4) is 0 Å². The normalized spacial score (nSPS) is 21.2. The SMILES string of the molecule is CCCCCCCCCCCCCC[C@@H](O)[C@@H](O)[C@H](CC[C@]1(OC)OC(COC(=O)c2ccccc2)[C@H](O)[C@@H](OCc2ccccc2)C1OCc1ccccc1)N(C)Cc1ccccc1. The Labute approximate surface area is 389 Å². The van der Waals surface area contributed by atoms with Gasteiger partial charge in [-0.25, -0.2) is 4.79 Å². The molecule has 0 radical (unpaired) electrons. The molecule has 1 fully saturated rings. The van der Waals surface area contributed by atoms with Crippen LogP contribution in [0.1, 0.15) is 130 Å². The minimum Gasteiger partial charge on any atom is -0.459 e. The van der Waals surface area contributed by atoms with Gasteiger partial charge in [-0.1, -0.05) is 193 Å². The lowest BCUT2D eigenvalue weighted by atomic mass is 9.86. The molecule has 0 aromatic heterocycles. The molecular weight excluding hydrogens is 819 g/mol. The number of esters is 1. The minimum absolute atomic E-state index is 0.163. The molecule has 5 rings (SSSR count). The third-order valence-electron chi connectivity index (χ3n) is 12.9. The van der Waals surface area contributed by atoms with Crippen molar-refractivity contribution < 1.29 is 43.8 Å². The molecule has 8 atom stereocenters. The summed E-state index contributed by atoms with van der Waals surface area (Å²) < 4.78 is 32.4. The van der Waals surface area contributed by atoms with Gasteiger partial charge < -0.3 is 39.0 Å². The first kappa shape index (κ1) is 52.0.